The summed E-state index contributed by atoms with van der Waals surface area (Å²) in [5.74, 6) is 0.922. The van der Waals surface area contributed by atoms with Crippen molar-refractivity contribution in [2.75, 3.05) is 19.6 Å². The third-order valence-corrected chi connectivity index (χ3v) is 5.15. The largest absolute Gasteiger partial charge is 0.336 e. The number of carbonyl (C=O) groups excluding carboxylic acids is 1. The second kappa shape index (κ2) is 5.02. The second-order valence-electron chi connectivity index (χ2n) is 5.30. The molecule has 0 radical (unpaired) electrons. The van der Waals surface area contributed by atoms with E-state index in [1.807, 2.05) is 5.38 Å². The molecule has 1 aromatic heterocycles. The van der Waals surface area contributed by atoms with E-state index in [2.05, 4.69) is 23.2 Å². The van der Waals surface area contributed by atoms with Crippen LogP contribution in [0.15, 0.2) is 11.4 Å². The number of carbonyl (C=O) groups is 1. The molecule has 2 atom stereocenters. The minimum Gasteiger partial charge on any atom is -0.336 e. The van der Waals surface area contributed by atoms with Crippen molar-refractivity contribution in [2.45, 2.75) is 32.2 Å². The van der Waals surface area contributed by atoms with Crippen LogP contribution in [0.1, 0.15) is 35.0 Å². The average molecular weight is 264 g/mol. The topological polar surface area (TPSA) is 32.3 Å². The molecule has 98 valence electrons. The smallest absolute Gasteiger partial charge is 0.264 e. The molecule has 2 aliphatic heterocycles. The van der Waals surface area contributed by atoms with E-state index >= 15 is 0 Å². The van der Waals surface area contributed by atoms with Crippen LogP contribution in [0.5, 0.6) is 0 Å². The molecular weight excluding hydrogens is 244 g/mol. The fraction of sp³-hybridized carbons (Fsp3) is 0.643. The van der Waals surface area contributed by atoms with Gasteiger partial charge in [-0.05, 0) is 48.7 Å². The molecule has 2 fully saturated rings. The Morgan fingerprint density at radius 1 is 1.56 bits per heavy atom. The number of thiophene rings is 1. The van der Waals surface area contributed by atoms with Crippen molar-refractivity contribution in [3.63, 3.8) is 0 Å². The lowest BCUT2D eigenvalue weighted by Crippen LogP contribution is -2.41. The first-order valence-corrected chi connectivity index (χ1v) is 7.76. The van der Waals surface area contributed by atoms with Gasteiger partial charge in [-0.15, -0.1) is 11.3 Å². The molecule has 1 N–H and O–H groups in total. The summed E-state index contributed by atoms with van der Waals surface area (Å²) in [7, 11) is 0. The van der Waals surface area contributed by atoms with Crippen LogP contribution >= 0.6 is 11.3 Å². The molecule has 0 aromatic carbocycles. The lowest BCUT2D eigenvalue weighted by molar-refractivity contribution is 0.0789. The number of rotatable bonds is 2. The fourth-order valence-corrected chi connectivity index (χ4v) is 4.12. The zero-order chi connectivity index (χ0) is 12.5. The summed E-state index contributed by atoms with van der Waals surface area (Å²) in [6, 6.07) is 2.62. The van der Waals surface area contributed by atoms with Crippen molar-refractivity contribution in [3.8, 4) is 0 Å². The van der Waals surface area contributed by atoms with E-state index in [1.165, 1.54) is 18.4 Å². The third-order valence-electron chi connectivity index (χ3n) is 4.21. The number of hydrogen-bond donors (Lipinski definition) is 1. The first-order valence-electron chi connectivity index (χ1n) is 6.88. The van der Waals surface area contributed by atoms with Gasteiger partial charge in [-0.1, -0.05) is 6.92 Å². The standard InChI is InChI=1S/C14H20N2OS/c1-2-10-5-7-18-13(10)14(17)16-8-11-4-3-6-15-12(11)9-16/h5,7,11-12,15H,2-4,6,8-9H2,1H3/t11-,12+/m0/s1. The predicted molar refractivity (Wildman–Crippen MR) is 74.1 cm³/mol. The minimum atomic E-state index is 0.248. The number of hydrogen-bond acceptors (Lipinski definition) is 3. The van der Waals surface area contributed by atoms with Gasteiger partial charge in [0.15, 0.2) is 0 Å². The molecule has 3 rings (SSSR count). The SMILES string of the molecule is CCc1ccsc1C(=O)N1C[C@@H]2CCCN[C@@H]2C1. The van der Waals surface area contributed by atoms with Gasteiger partial charge in [0.25, 0.3) is 5.91 Å². The molecule has 0 saturated carbocycles. The zero-order valence-corrected chi connectivity index (χ0v) is 11.6. The van der Waals surface area contributed by atoms with E-state index in [0.717, 1.165) is 30.9 Å². The molecule has 2 aliphatic rings. The highest BCUT2D eigenvalue weighted by Gasteiger charge is 2.37. The Labute approximate surface area is 112 Å². The van der Waals surface area contributed by atoms with Crippen LogP contribution in [0.4, 0.5) is 0 Å². The third kappa shape index (κ3) is 2.08. The van der Waals surface area contributed by atoms with Gasteiger partial charge >= 0.3 is 0 Å². The highest BCUT2D eigenvalue weighted by molar-refractivity contribution is 7.12. The van der Waals surface area contributed by atoms with Gasteiger partial charge in [0.2, 0.25) is 0 Å². The first-order chi connectivity index (χ1) is 8.79. The van der Waals surface area contributed by atoms with Crippen molar-refractivity contribution in [1.82, 2.24) is 10.2 Å². The summed E-state index contributed by atoms with van der Waals surface area (Å²) in [6.07, 6.45) is 3.47. The summed E-state index contributed by atoms with van der Waals surface area (Å²) < 4.78 is 0. The van der Waals surface area contributed by atoms with Gasteiger partial charge in [0.1, 0.15) is 0 Å². The lowest BCUT2D eigenvalue weighted by atomic mass is 9.94. The van der Waals surface area contributed by atoms with E-state index in [4.69, 9.17) is 0 Å². The quantitative estimate of drug-likeness (QED) is 0.887. The summed E-state index contributed by atoms with van der Waals surface area (Å²) >= 11 is 1.59. The van der Waals surface area contributed by atoms with Crippen LogP contribution in [-0.2, 0) is 6.42 Å². The molecule has 0 aliphatic carbocycles. The normalized spacial score (nSPS) is 27.3. The van der Waals surface area contributed by atoms with Crippen LogP contribution in [0.3, 0.4) is 0 Å². The zero-order valence-electron chi connectivity index (χ0n) is 10.8. The van der Waals surface area contributed by atoms with Crippen LogP contribution < -0.4 is 5.32 Å². The monoisotopic (exact) mass is 264 g/mol. The maximum atomic E-state index is 12.5. The Morgan fingerprint density at radius 3 is 3.22 bits per heavy atom. The molecule has 1 aromatic rings. The van der Waals surface area contributed by atoms with Crippen LogP contribution in [-0.4, -0.2) is 36.5 Å². The van der Waals surface area contributed by atoms with Crippen molar-refractivity contribution >= 4 is 17.2 Å². The number of amides is 1. The molecule has 3 nitrogen and oxygen atoms in total. The molecule has 3 heterocycles. The van der Waals surface area contributed by atoms with Crippen molar-refractivity contribution in [2.24, 2.45) is 5.92 Å². The molecule has 0 bridgehead atoms. The maximum absolute atomic E-state index is 12.5. The number of fused-ring (bicyclic) bond motifs is 1. The van der Waals surface area contributed by atoms with Gasteiger partial charge in [-0.25, -0.2) is 0 Å². The van der Waals surface area contributed by atoms with Gasteiger partial charge < -0.3 is 10.2 Å². The molecule has 2 saturated heterocycles. The Morgan fingerprint density at radius 2 is 2.44 bits per heavy atom. The molecule has 1 amide bonds. The molecule has 0 unspecified atom stereocenters. The Bertz CT molecular complexity index is 429. The number of nitrogens with zero attached hydrogens (tertiary/aromatic N) is 1. The minimum absolute atomic E-state index is 0.248. The number of likely N-dealkylation sites (tertiary alicyclic amines) is 1. The molecular formula is C14H20N2OS. The number of piperidine rings is 1. The highest BCUT2D eigenvalue weighted by atomic mass is 32.1. The van der Waals surface area contributed by atoms with Crippen molar-refractivity contribution in [1.29, 1.82) is 0 Å². The molecule has 18 heavy (non-hydrogen) atoms. The maximum Gasteiger partial charge on any atom is 0.264 e. The first kappa shape index (κ1) is 12.2. The highest BCUT2D eigenvalue weighted by Crippen LogP contribution is 2.28. The van der Waals surface area contributed by atoms with Crippen LogP contribution in [0.25, 0.3) is 0 Å². The Balaban J connectivity index is 1.74. The second-order valence-corrected chi connectivity index (χ2v) is 6.22. The van der Waals surface area contributed by atoms with Crippen LogP contribution in [0, 0.1) is 5.92 Å². The molecule has 0 spiro atoms. The summed E-state index contributed by atoms with van der Waals surface area (Å²) in [5.41, 5.74) is 1.20. The van der Waals surface area contributed by atoms with E-state index in [-0.39, 0.29) is 5.91 Å². The van der Waals surface area contributed by atoms with Crippen molar-refractivity contribution < 1.29 is 4.79 Å². The predicted octanol–water partition coefficient (Wildman–Crippen LogP) is 2.13. The van der Waals surface area contributed by atoms with E-state index in [0.29, 0.717) is 12.0 Å². The summed E-state index contributed by atoms with van der Waals surface area (Å²) in [6.45, 7) is 5.06. The summed E-state index contributed by atoms with van der Waals surface area (Å²) in [4.78, 5) is 15.5. The van der Waals surface area contributed by atoms with Gasteiger partial charge in [-0.2, -0.15) is 0 Å². The van der Waals surface area contributed by atoms with Gasteiger partial charge in [0.05, 0.1) is 4.88 Å². The van der Waals surface area contributed by atoms with E-state index in [9.17, 15) is 4.79 Å². The number of aryl methyl sites for hydroxylation is 1. The van der Waals surface area contributed by atoms with Gasteiger partial charge in [-0.3, -0.25) is 4.79 Å². The summed E-state index contributed by atoms with van der Waals surface area (Å²) in [5, 5.41) is 5.58. The van der Waals surface area contributed by atoms with E-state index in [1.54, 1.807) is 11.3 Å². The van der Waals surface area contributed by atoms with Gasteiger partial charge in [0, 0.05) is 19.1 Å². The lowest BCUT2D eigenvalue weighted by Gasteiger charge is -2.24. The average Bonchev–Trinajstić information content (AvgIpc) is 3.03. The number of nitrogens with one attached hydrogen (secondary N) is 1. The van der Waals surface area contributed by atoms with Crippen molar-refractivity contribution in [3.05, 3.63) is 21.9 Å². The Kier molecular flexibility index (Phi) is 3.39. The van der Waals surface area contributed by atoms with Crippen LogP contribution in [0.2, 0.25) is 0 Å². The Hall–Kier alpha value is -0.870. The molecule has 4 heteroatoms. The van der Waals surface area contributed by atoms with E-state index < -0.39 is 0 Å². The fourth-order valence-electron chi connectivity index (χ4n) is 3.16.